The Bertz CT molecular complexity index is 436. The van der Waals surface area contributed by atoms with Crippen molar-refractivity contribution in [2.24, 2.45) is 0 Å². The topological polar surface area (TPSA) is 71.2 Å². The summed E-state index contributed by atoms with van der Waals surface area (Å²) >= 11 is 1.38. The Morgan fingerprint density at radius 2 is 2.28 bits per heavy atom. The van der Waals surface area contributed by atoms with Crippen molar-refractivity contribution in [3.63, 3.8) is 0 Å². The van der Waals surface area contributed by atoms with E-state index in [1.165, 1.54) is 11.8 Å². The van der Waals surface area contributed by atoms with Crippen LogP contribution in [0.2, 0.25) is 0 Å². The van der Waals surface area contributed by atoms with Crippen LogP contribution in [0.25, 0.3) is 0 Å². The van der Waals surface area contributed by atoms with Crippen molar-refractivity contribution in [2.75, 3.05) is 18.8 Å². The number of thioether (sulfide) groups is 1. The molecule has 1 saturated heterocycles. The third kappa shape index (κ3) is 2.84. The van der Waals surface area contributed by atoms with Gasteiger partial charge in [-0.3, -0.25) is 4.79 Å². The molecule has 1 aliphatic rings. The zero-order valence-electron chi connectivity index (χ0n) is 10.8. The fourth-order valence-electron chi connectivity index (χ4n) is 1.86. The number of aromatic nitrogens is 3. The number of carbonyl (C=O) groups excluding carboxylic acids is 1. The molecule has 6 nitrogen and oxygen atoms in total. The Balaban J connectivity index is 1.85. The number of carbonyl (C=O) groups is 1. The maximum Gasteiger partial charge on any atom is 0.233 e. The average Bonchev–Trinajstić information content (AvgIpc) is 2.70. The fraction of sp³-hybridized carbons (Fsp3) is 0.727. The van der Waals surface area contributed by atoms with Crippen molar-refractivity contribution in [1.82, 2.24) is 19.7 Å². The number of amides is 1. The molecule has 0 aliphatic carbocycles. The molecule has 0 spiro atoms. The number of rotatable bonds is 4. The first kappa shape index (κ1) is 13.4. The molecule has 2 heterocycles. The summed E-state index contributed by atoms with van der Waals surface area (Å²) < 4.78 is 1.93. The molecule has 2 rings (SSSR count). The minimum Gasteiger partial charge on any atom is -0.386 e. The minimum absolute atomic E-state index is 0.0323. The summed E-state index contributed by atoms with van der Waals surface area (Å²) in [6, 6.07) is 0.280. The molecule has 0 aromatic carbocycles. The molecule has 1 fully saturated rings. The van der Waals surface area contributed by atoms with Crippen LogP contribution in [-0.2, 0) is 4.79 Å². The second kappa shape index (κ2) is 4.89. The molecule has 1 amide bonds. The van der Waals surface area contributed by atoms with Crippen LogP contribution < -0.4 is 0 Å². The smallest absolute Gasteiger partial charge is 0.233 e. The highest BCUT2D eigenvalue weighted by molar-refractivity contribution is 7.99. The summed E-state index contributed by atoms with van der Waals surface area (Å²) in [6.07, 6.45) is 1.67. The maximum atomic E-state index is 11.8. The molecule has 0 unspecified atom stereocenters. The molecular formula is C11H18N4O2S. The largest absolute Gasteiger partial charge is 0.386 e. The van der Waals surface area contributed by atoms with Crippen molar-refractivity contribution in [2.45, 2.75) is 37.6 Å². The van der Waals surface area contributed by atoms with Gasteiger partial charge in [-0.15, -0.1) is 10.2 Å². The lowest BCUT2D eigenvalue weighted by molar-refractivity contribution is -0.149. The van der Waals surface area contributed by atoms with Crippen molar-refractivity contribution in [3.8, 4) is 0 Å². The van der Waals surface area contributed by atoms with Crippen LogP contribution in [0.1, 0.15) is 26.8 Å². The van der Waals surface area contributed by atoms with E-state index in [1.807, 2.05) is 18.4 Å². The molecule has 0 saturated carbocycles. The third-order valence-corrected chi connectivity index (χ3v) is 3.78. The second-order valence-corrected chi connectivity index (χ2v) is 6.09. The highest BCUT2D eigenvalue weighted by Gasteiger charge is 2.39. The summed E-state index contributed by atoms with van der Waals surface area (Å²) in [5, 5.41) is 18.2. The van der Waals surface area contributed by atoms with E-state index in [0.717, 1.165) is 5.16 Å². The summed E-state index contributed by atoms with van der Waals surface area (Å²) in [4.78, 5) is 13.5. The second-order valence-electron chi connectivity index (χ2n) is 5.15. The van der Waals surface area contributed by atoms with E-state index >= 15 is 0 Å². The van der Waals surface area contributed by atoms with Gasteiger partial charge in [0.2, 0.25) is 5.91 Å². The Hall–Kier alpha value is -1.08. The van der Waals surface area contributed by atoms with E-state index in [9.17, 15) is 9.90 Å². The molecule has 1 aromatic heterocycles. The number of nitrogens with zero attached hydrogens (tertiary/aromatic N) is 4. The average molecular weight is 270 g/mol. The number of hydrogen-bond donors (Lipinski definition) is 1. The van der Waals surface area contributed by atoms with Crippen LogP contribution in [0.5, 0.6) is 0 Å². The van der Waals surface area contributed by atoms with Crippen molar-refractivity contribution < 1.29 is 9.90 Å². The van der Waals surface area contributed by atoms with Gasteiger partial charge in [0.1, 0.15) is 6.33 Å². The highest BCUT2D eigenvalue weighted by Crippen LogP contribution is 2.23. The predicted molar refractivity (Wildman–Crippen MR) is 68.3 cm³/mol. The fourth-order valence-corrected chi connectivity index (χ4v) is 2.81. The first-order chi connectivity index (χ1) is 8.39. The van der Waals surface area contributed by atoms with Gasteiger partial charge in [0.15, 0.2) is 5.16 Å². The van der Waals surface area contributed by atoms with Crippen molar-refractivity contribution >= 4 is 17.7 Å². The van der Waals surface area contributed by atoms with Crippen LogP contribution in [0.15, 0.2) is 11.5 Å². The summed E-state index contributed by atoms with van der Waals surface area (Å²) in [6.45, 7) is 6.66. The molecular weight excluding hydrogens is 252 g/mol. The van der Waals surface area contributed by atoms with Gasteiger partial charge in [0.05, 0.1) is 24.4 Å². The molecule has 7 heteroatoms. The SMILES string of the molecule is CC(C)n1cnnc1SCC(=O)N1CC(C)(O)C1. The molecule has 0 radical (unpaired) electrons. The molecule has 0 atom stereocenters. The van der Waals surface area contributed by atoms with Crippen LogP contribution in [0.3, 0.4) is 0 Å². The quantitative estimate of drug-likeness (QED) is 0.809. The zero-order chi connectivity index (χ0) is 13.3. The Labute approximate surface area is 110 Å². The minimum atomic E-state index is -0.710. The molecule has 18 heavy (non-hydrogen) atoms. The molecule has 1 aromatic rings. The highest BCUT2D eigenvalue weighted by atomic mass is 32.2. The summed E-state index contributed by atoms with van der Waals surface area (Å²) in [5.41, 5.74) is -0.710. The standard InChI is InChI=1S/C11H18N4O2S/c1-8(2)15-7-12-13-10(15)18-4-9(16)14-5-11(3,17)6-14/h7-8,17H,4-6H2,1-3H3. The van der Waals surface area contributed by atoms with Crippen LogP contribution in [0.4, 0.5) is 0 Å². The van der Waals surface area contributed by atoms with Gasteiger partial charge in [-0.05, 0) is 20.8 Å². The van der Waals surface area contributed by atoms with Gasteiger partial charge in [0, 0.05) is 6.04 Å². The number of hydrogen-bond acceptors (Lipinski definition) is 5. The summed E-state index contributed by atoms with van der Waals surface area (Å²) in [5.74, 6) is 0.367. The van der Waals surface area contributed by atoms with Crippen molar-refractivity contribution in [1.29, 1.82) is 0 Å². The van der Waals surface area contributed by atoms with Gasteiger partial charge in [-0.2, -0.15) is 0 Å². The molecule has 1 N–H and O–H groups in total. The molecule has 1 aliphatic heterocycles. The monoisotopic (exact) mass is 270 g/mol. The van der Waals surface area contributed by atoms with Gasteiger partial charge >= 0.3 is 0 Å². The van der Waals surface area contributed by atoms with E-state index in [1.54, 1.807) is 18.2 Å². The summed E-state index contributed by atoms with van der Waals surface area (Å²) in [7, 11) is 0. The maximum absolute atomic E-state index is 11.8. The lowest BCUT2D eigenvalue weighted by Gasteiger charge is -2.44. The number of aliphatic hydroxyl groups is 1. The lowest BCUT2D eigenvalue weighted by Crippen LogP contribution is -2.62. The van der Waals surface area contributed by atoms with Gasteiger partial charge in [-0.1, -0.05) is 11.8 Å². The van der Waals surface area contributed by atoms with E-state index < -0.39 is 5.60 Å². The van der Waals surface area contributed by atoms with Gasteiger partial charge in [-0.25, -0.2) is 0 Å². The normalized spacial score (nSPS) is 17.9. The molecule has 0 bridgehead atoms. The Morgan fingerprint density at radius 1 is 1.61 bits per heavy atom. The van der Waals surface area contributed by atoms with E-state index in [0.29, 0.717) is 18.8 Å². The van der Waals surface area contributed by atoms with Gasteiger partial charge < -0.3 is 14.6 Å². The first-order valence-corrected chi connectivity index (χ1v) is 6.90. The van der Waals surface area contributed by atoms with Crippen LogP contribution >= 0.6 is 11.8 Å². The Morgan fingerprint density at radius 3 is 2.83 bits per heavy atom. The third-order valence-electron chi connectivity index (χ3n) is 2.84. The van der Waals surface area contributed by atoms with E-state index in [-0.39, 0.29) is 11.9 Å². The van der Waals surface area contributed by atoms with Crippen molar-refractivity contribution in [3.05, 3.63) is 6.33 Å². The number of likely N-dealkylation sites (tertiary alicyclic amines) is 1. The number of β-amino-alcohol motifs (C(OH)–C–C–N with tert-alkyl or cyclic N) is 1. The van der Waals surface area contributed by atoms with E-state index in [4.69, 9.17) is 0 Å². The first-order valence-electron chi connectivity index (χ1n) is 5.91. The van der Waals surface area contributed by atoms with Gasteiger partial charge in [0.25, 0.3) is 0 Å². The van der Waals surface area contributed by atoms with Crippen LogP contribution in [-0.4, -0.2) is 55.1 Å². The lowest BCUT2D eigenvalue weighted by atomic mass is 9.97. The van der Waals surface area contributed by atoms with E-state index in [2.05, 4.69) is 10.2 Å². The predicted octanol–water partition coefficient (Wildman–Crippen LogP) is 0.544. The molecule has 100 valence electrons. The zero-order valence-corrected chi connectivity index (χ0v) is 11.6. The Kier molecular flexibility index (Phi) is 3.63. The van der Waals surface area contributed by atoms with Crippen LogP contribution in [0, 0.1) is 0 Å².